The van der Waals surface area contributed by atoms with Gasteiger partial charge in [0.15, 0.2) is 7.85 Å². The zero-order valence-electron chi connectivity index (χ0n) is 14.7. The van der Waals surface area contributed by atoms with E-state index in [2.05, 4.69) is 18.8 Å². The smallest absolute Gasteiger partial charge is 0.175 e. The number of nitrogens with zero attached hydrogens (tertiary/aromatic N) is 2. The number of pyridine rings is 1. The van der Waals surface area contributed by atoms with E-state index in [0.717, 1.165) is 16.5 Å². The van der Waals surface area contributed by atoms with E-state index in [4.69, 9.17) is 7.85 Å². The number of fused-ring (bicyclic) bond motifs is 1. The van der Waals surface area contributed by atoms with Crippen molar-refractivity contribution in [1.82, 2.24) is 4.98 Å². The van der Waals surface area contributed by atoms with Crippen molar-refractivity contribution >= 4 is 30.0 Å². The maximum atomic E-state index is 11.2. The van der Waals surface area contributed by atoms with Gasteiger partial charge in [-0.25, -0.2) is 0 Å². The van der Waals surface area contributed by atoms with Gasteiger partial charge in [0.2, 0.25) is 0 Å². The van der Waals surface area contributed by atoms with Gasteiger partial charge < -0.3 is 23.5 Å². The third-order valence-corrected chi connectivity index (χ3v) is 2.90. The van der Waals surface area contributed by atoms with Crippen LogP contribution >= 0.6 is 0 Å². The van der Waals surface area contributed by atoms with E-state index in [1.54, 1.807) is 24.5 Å². The fourth-order valence-corrected chi connectivity index (χ4v) is 1.91. The maximum Gasteiger partial charge on any atom is 0.175 e. The summed E-state index contributed by atoms with van der Waals surface area (Å²) in [5.41, 5.74) is 0.971. The van der Waals surface area contributed by atoms with Crippen LogP contribution in [-0.2, 0) is 32.7 Å². The molecule has 121 valence electrons. The number of benzene rings is 1. The number of carbonyl (C=O) groups is 1. The minimum atomic E-state index is -0.435. The van der Waals surface area contributed by atoms with Crippen LogP contribution in [0.1, 0.15) is 38.1 Å². The first kappa shape index (κ1) is 24.5. The Labute approximate surface area is 167 Å². The van der Waals surface area contributed by atoms with Crippen molar-refractivity contribution in [3.05, 3.63) is 50.0 Å². The first-order chi connectivity index (χ1) is 10.7. The van der Waals surface area contributed by atoms with Crippen molar-refractivity contribution in [2.45, 2.75) is 27.7 Å². The molecule has 0 spiro atoms. The summed E-state index contributed by atoms with van der Waals surface area (Å²) in [6.07, 6.45) is 3.51. The molecule has 0 saturated carbocycles. The number of carbonyl (C=O) groups excluding carboxylic acids is 1. The Hall–Kier alpha value is -0.731. The second kappa shape index (κ2) is 13.7. The van der Waals surface area contributed by atoms with Crippen molar-refractivity contribution in [1.29, 1.82) is 0 Å². The molecule has 0 fully saturated rings. The maximum absolute atomic E-state index is 11.2. The van der Waals surface area contributed by atoms with Crippen LogP contribution in [0.5, 0.6) is 0 Å². The van der Waals surface area contributed by atoms with Crippen LogP contribution < -0.4 is 4.90 Å². The van der Waals surface area contributed by atoms with E-state index in [9.17, 15) is 4.79 Å². The topological polar surface area (TPSA) is 33.2 Å². The predicted molar refractivity (Wildman–Crippen MR) is 97.5 cm³/mol. The average molecular weight is 385 g/mol. The monoisotopic (exact) mass is 385 g/mol. The number of anilines is 1. The van der Waals surface area contributed by atoms with Crippen LogP contribution in [-0.4, -0.2) is 31.6 Å². The van der Waals surface area contributed by atoms with E-state index in [1.165, 1.54) is 0 Å². The zero-order valence-corrected chi connectivity index (χ0v) is 17.5. The molecule has 0 aliphatic carbocycles. The summed E-state index contributed by atoms with van der Waals surface area (Å²) in [6.45, 7) is 16.9. The summed E-state index contributed by atoms with van der Waals surface area (Å²) >= 11 is 0. The second-order valence-electron chi connectivity index (χ2n) is 3.95. The van der Waals surface area contributed by atoms with Gasteiger partial charge in [-0.2, -0.15) is 0 Å². The van der Waals surface area contributed by atoms with Gasteiger partial charge in [-0.1, -0.05) is 39.8 Å². The molecule has 1 heterocycles. The van der Waals surface area contributed by atoms with Gasteiger partial charge in [0.25, 0.3) is 0 Å². The van der Waals surface area contributed by atoms with Crippen molar-refractivity contribution in [3.63, 3.8) is 0 Å². The van der Waals surface area contributed by atoms with E-state index >= 15 is 0 Å². The summed E-state index contributed by atoms with van der Waals surface area (Å²) in [4.78, 5) is 17.4. The number of hydrogen-bond acceptors (Lipinski definition) is 3. The summed E-state index contributed by atoms with van der Waals surface area (Å²) < 4.78 is 0. The summed E-state index contributed by atoms with van der Waals surface area (Å²) in [7, 11) is 5.30. The second-order valence-corrected chi connectivity index (χ2v) is 3.95. The van der Waals surface area contributed by atoms with E-state index in [-0.39, 0.29) is 32.7 Å². The predicted octanol–water partition coefficient (Wildman–Crippen LogP) is 4.07. The van der Waals surface area contributed by atoms with E-state index in [0.29, 0.717) is 18.7 Å². The van der Waals surface area contributed by atoms with Gasteiger partial charge in [0.1, 0.15) is 5.68 Å². The zero-order chi connectivity index (χ0) is 17.1. The van der Waals surface area contributed by atoms with Crippen LogP contribution in [0.15, 0.2) is 30.6 Å². The molecule has 5 heteroatoms. The fourth-order valence-electron chi connectivity index (χ4n) is 1.91. The molecule has 1 aromatic carbocycles. The van der Waals surface area contributed by atoms with Crippen LogP contribution in [0.25, 0.3) is 10.8 Å². The van der Waals surface area contributed by atoms with Crippen molar-refractivity contribution in [2.24, 2.45) is 0 Å². The Morgan fingerprint density at radius 1 is 1.13 bits per heavy atom. The molecule has 0 N–H and O–H groups in total. The van der Waals surface area contributed by atoms with E-state index < -0.39 is 5.68 Å². The first-order valence-electron chi connectivity index (χ1n) is 7.68. The quantitative estimate of drug-likeness (QED) is 0.588. The Balaban J connectivity index is 0. The molecule has 0 amide bonds. The van der Waals surface area contributed by atoms with Crippen LogP contribution in [0, 0.1) is 13.8 Å². The van der Waals surface area contributed by atoms with Crippen molar-refractivity contribution in [2.75, 3.05) is 18.0 Å². The SMILES string of the molecule is CC.CC.[B]C(=O)c1ccc2cncc(N(C[CH2-])C[CH2-])c2c1.[Y]. The normalized spacial score (nSPS) is 8.78. The fraction of sp³-hybridized carbons (Fsp3) is 0.333. The average Bonchev–Trinajstić information content (AvgIpc) is 2.59. The van der Waals surface area contributed by atoms with Crippen molar-refractivity contribution < 1.29 is 37.5 Å². The van der Waals surface area contributed by atoms with Gasteiger partial charge in [0.05, 0.1) is 11.9 Å². The van der Waals surface area contributed by atoms with E-state index in [1.807, 2.05) is 38.7 Å². The van der Waals surface area contributed by atoms with Gasteiger partial charge in [-0.05, 0) is 6.07 Å². The van der Waals surface area contributed by atoms with Gasteiger partial charge in [-0.15, -0.1) is 13.1 Å². The molecule has 0 aliphatic rings. The number of hydrogen-bond donors (Lipinski definition) is 0. The third kappa shape index (κ3) is 6.72. The van der Waals surface area contributed by atoms with Gasteiger partial charge in [0, 0.05) is 55.2 Å². The molecule has 0 bridgehead atoms. The molecule has 0 atom stereocenters. The third-order valence-electron chi connectivity index (χ3n) is 2.90. The number of aromatic nitrogens is 1. The Bertz CT molecular complexity index is 586. The molecule has 0 saturated heterocycles. The molecule has 23 heavy (non-hydrogen) atoms. The minimum absolute atomic E-state index is 0. The molecule has 1 aromatic heterocycles. The molecule has 3 nitrogen and oxygen atoms in total. The molecular weight excluding hydrogens is 360 g/mol. The molecular formula is C18H25BN2OY-2. The van der Waals surface area contributed by atoms with Crippen LogP contribution in [0.2, 0.25) is 0 Å². The minimum Gasteiger partial charge on any atom is -0.430 e. The Morgan fingerprint density at radius 2 is 1.70 bits per heavy atom. The van der Waals surface area contributed by atoms with Crippen molar-refractivity contribution in [3.8, 4) is 0 Å². The standard InChI is InChI=1S/C14H13BN2O.2C2H6.Y/c1-3-17(4-2)13-9-16-8-11-6-5-10(14(15)18)7-12(11)13;2*1-2;/h5-9H,1-4H2;2*1-2H3;/q-2;;;. The van der Waals surface area contributed by atoms with Crippen LogP contribution in [0.4, 0.5) is 5.69 Å². The summed E-state index contributed by atoms with van der Waals surface area (Å²) in [6, 6.07) is 5.33. The summed E-state index contributed by atoms with van der Waals surface area (Å²) in [5, 5.41) is 1.90. The van der Waals surface area contributed by atoms with Gasteiger partial charge in [-0.3, -0.25) is 4.98 Å². The summed E-state index contributed by atoms with van der Waals surface area (Å²) in [5.74, 6) is 0. The van der Waals surface area contributed by atoms with Crippen LogP contribution in [0.3, 0.4) is 0 Å². The molecule has 0 unspecified atom stereocenters. The Kier molecular flexibility index (Phi) is 14.6. The molecule has 2 aromatic rings. The Morgan fingerprint density at radius 3 is 2.17 bits per heavy atom. The first-order valence-corrected chi connectivity index (χ1v) is 7.68. The van der Waals surface area contributed by atoms with Gasteiger partial charge >= 0.3 is 0 Å². The number of rotatable bonds is 4. The molecule has 2 rings (SSSR count). The molecule has 3 radical (unpaired) electrons. The largest absolute Gasteiger partial charge is 0.430 e. The molecule has 0 aliphatic heterocycles.